The van der Waals surface area contributed by atoms with Gasteiger partial charge < -0.3 is 14.4 Å². The number of fused-ring (bicyclic) bond motifs is 2. The molecule has 1 unspecified atom stereocenters. The minimum Gasteiger partial charge on any atom is -0.491 e. The lowest BCUT2D eigenvalue weighted by Crippen LogP contribution is -2.54. The highest BCUT2D eigenvalue weighted by molar-refractivity contribution is 6.32. The number of nitriles is 1. The maximum Gasteiger partial charge on any atom is 0.262 e. The van der Waals surface area contributed by atoms with Crippen LogP contribution in [-0.4, -0.2) is 72.9 Å². The molecule has 0 radical (unpaired) electrons. The molecular formula is C43H38ClN5O7. The van der Waals surface area contributed by atoms with E-state index in [0.29, 0.717) is 48.3 Å². The normalized spacial score (nSPS) is 19.2. The fraction of sp³-hybridized carbons (Fsp3) is 0.302. The van der Waals surface area contributed by atoms with Crippen LogP contribution in [0.15, 0.2) is 78.9 Å². The van der Waals surface area contributed by atoms with Crippen LogP contribution >= 0.6 is 11.6 Å². The number of amides is 5. The maximum atomic E-state index is 13.6. The van der Waals surface area contributed by atoms with Crippen molar-refractivity contribution in [2.75, 3.05) is 36.1 Å². The Morgan fingerprint density at radius 3 is 2.25 bits per heavy atom. The molecule has 0 aliphatic carbocycles. The summed E-state index contributed by atoms with van der Waals surface area (Å²) in [6, 6.07) is 25.1. The highest BCUT2D eigenvalue weighted by Gasteiger charge is 2.46. The van der Waals surface area contributed by atoms with Crippen molar-refractivity contribution in [3.8, 4) is 22.9 Å². The van der Waals surface area contributed by atoms with E-state index in [1.165, 1.54) is 0 Å². The van der Waals surface area contributed by atoms with Crippen molar-refractivity contribution >= 4 is 58.2 Å². The summed E-state index contributed by atoms with van der Waals surface area (Å²) in [7, 11) is 0. The van der Waals surface area contributed by atoms with Crippen LogP contribution in [0.5, 0.6) is 5.75 Å². The zero-order valence-corrected chi connectivity index (χ0v) is 31.6. The lowest BCUT2D eigenvalue weighted by atomic mass is 9.84. The third kappa shape index (κ3) is 6.56. The van der Waals surface area contributed by atoms with Gasteiger partial charge in [-0.3, -0.25) is 39.1 Å². The number of halogens is 1. The van der Waals surface area contributed by atoms with E-state index in [4.69, 9.17) is 21.1 Å². The maximum absolute atomic E-state index is 13.6. The van der Waals surface area contributed by atoms with Gasteiger partial charge in [0.1, 0.15) is 24.5 Å². The highest BCUT2D eigenvalue weighted by Crippen LogP contribution is 2.47. The Morgan fingerprint density at radius 1 is 0.821 bits per heavy atom. The number of hydrogen-bond acceptors (Lipinski definition) is 9. The summed E-state index contributed by atoms with van der Waals surface area (Å²) in [5, 5.41) is 11.8. The smallest absolute Gasteiger partial charge is 0.262 e. The monoisotopic (exact) mass is 771 g/mol. The molecule has 56 heavy (non-hydrogen) atoms. The zero-order valence-electron chi connectivity index (χ0n) is 30.8. The molecular weight excluding hydrogens is 734 g/mol. The van der Waals surface area contributed by atoms with E-state index in [2.05, 4.69) is 22.4 Å². The van der Waals surface area contributed by atoms with Crippen molar-refractivity contribution < 1.29 is 33.4 Å². The van der Waals surface area contributed by atoms with E-state index in [-0.39, 0.29) is 36.0 Å². The van der Waals surface area contributed by atoms with Gasteiger partial charge in [0, 0.05) is 25.2 Å². The van der Waals surface area contributed by atoms with Crippen LogP contribution in [0, 0.1) is 11.3 Å². The summed E-state index contributed by atoms with van der Waals surface area (Å²) in [5.74, 6) is -1.42. The Morgan fingerprint density at radius 2 is 1.54 bits per heavy atom. The number of piperidine rings is 2. The standard InChI is InChI=1S/C43H38ClN5O7/c1-43(2)34-21-26(6-12-36(34)48(42(43)54)29-7-3-27(24-45)35(44)23-29)25-4-9-30(10-5-25)55-19-20-56-31-15-17-47(18-16-31)28-8-11-32-33(22-28)41(53)49(40(32)52)37-13-14-38(50)46-39(37)51/h3-12,21-23,31,37H,13-20H2,1-2H3,(H,46,50,51). The summed E-state index contributed by atoms with van der Waals surface area (Å²) in [6.45, 7) is 6.05. The van der Waals surface area contributed by atoms with Crippen LogP contribution in [0.3, 0.4) is 0 Å². The van der Waals surface area contributed by atoms with Gasteiger partial charge in [0.05, 0.1) is 51.2 Å². The molecule has 0 saturated carbocycles. The van der Waals surface area contributed by atoms with Crippen LogP contribution in [0.1, 0.15) is 71.4 Å². The van der Waals surface area contributed by atoms with Crippen molar-refractivity contribution in [1.29, 1.82) is 5.26 Å². The summed E-state index contributed by atoms with van der Waals surface area (Å²) in [4.78, 5) is 68.7. The van der Waals surface area contributed by atoms with Gasteiger partial charge >= 0.3 is 0 Å². The number of hydrogen-bond donors (Lipinski definition) is 1. The number of anilines is 3. The van der Waals surface area contributed by atoms with E-state index >= 15 is 0 Å². The summed E-state index contributed by atoms with van der Waals surface area (Å²) < 4.78 is 12.1. The number of benzene rings is 4. The molecule has 1 atom stereocenters. The molecule has 4 heterocycles. The van der Waals surface area contributed by atoms with Gasteiger partial charge in [-0.15, -0.1) is 0 Å². The Labute approximate surface area is 328 Å². The first-order valence-electron chi connectivity index (χ1n) is 18.6. The molecule has 5 amide bonds. The second-order valence-electron chi connectivity index (χ2n) is 14.9. The Bertz CT molecular complexity index is 2350. The molecule has 0 bridgehead atoms. The zero-order chi connectivity index (χ0) is 39.3. The van der Waals surface area contributed by atoms with Crippen molar-refractivity contribution in [1.82, 2.24) is 10.2 Å². The van der Waals surface area contributed by atoms with Gasteiger partial charge in [0.15, 0.2) is 0 Å². The Kier molecular flexibility index (Phi) is 9.60. The molecule has 4 aliphatic rings. The van der Waals surface area contributed by atoms with Crippen LogP contribution in [-0.2, 0) is 24.5 Å². The van der Waals surface area contributed by atoms with E-state index in [1.54, 1.807) is 35.2 Å². The van der Waals surface area contributed by atoms with Crippen LogP contribution < -0.4 is 19.9 Å². The molecule has 4 aromatic carbocycles. The fourth-order valence-electron chi connectivity index (χ4n) is 7.96. The predicted molar refractivity (Wildman–Crippen MR) is 208 cm³/mol. The molecule has 4 aliphatic heterocycles. The van der Waals surface area contributed by atoms with E-state index in [0.717, 1.165) is 45.8 Å². The molecule has 8 rings (SSSR count). The third-order valence-electron chi connectivity index (χ3n) is 11.1. The summed E-state index contributed by atoms with van der Waals surface area (Å²) in [6.07, 6.45) is 1.81. The minimum atomic E-state index is -0.992. The molecule has 12 nitrogen and oxygen atoms in total. The largest absolute Gasteiger partial charge is 0.491 e. The van der Waals surface area contributed by atoms with Gasteiger partial charge in [-0.05, 0) is 110 Å². The van der Waals surface area contributed by atoms with Gasteiger partial charge in [-0.2, -0.15) is 5.26 Å². The summed E-state index contributed by atoms with van der Waals surface area (Å²) in [5.41, 5.74) is 5.21. The SMILES string of the molecule is CC1(C)C(=O)N(c2ccc(C#N)c(Cl)c2)c2ccc(-c3ccc(OCCOC4CCN(c5ccc6c(c5)C(=O)N(C5CCC(=O)NC5=O)C6=O)CC4)cc3)cc21. The van der Waals surface area contributed by atoms with Gasteiger partial charge in [0.25, 0.3) is 11.8 Å². The molecule has 4 aromatic rings. The number of ether oxygens (including phenoxy) is 2. The number of nitrogens with one attached hydrogen (secondary N) is 1. The quantitative estimate of drug-likeness (QED) is 0.153. The fourth-order valence-corrected chi connectivity index (χ4v) is 8.18. The third-order valence-corrected chi connectivity index (χ3v) is 11.4. The first kappa shape index (κ1) is 36.9. The summed E-state index contributed by atoms with van der Waals surface area (Å²) >= 11 is 6.31. The van der Waals surface area contributed by atoms with E-state index in [1.807, 2.05) is 56.3 Å². The van der Waals surface area contributed by atoms with E-state index < -0.39 is 35.1 Å². The molecule has 2 saturated heterocycles. The van der Waals surface area contributed by atoms with Crippen molar-refractivity contribution in [3.05, 3.63) is 106 Å². The van der Waals surface area contributed by atoms with Crippen LogP contribution in [0.4, 0.5) is 17.1 Å². The number of rotatable bonds is 9. The van der Waals surface area contributed by atoms with Gasteiger partial charge in [-0.25, -0.2) is 0 Å². The predicted octanol–water partition coefficient (Wildman–Crippen LogP) is 6.30. The molecule has 0 spiro atoms. The first-order chi connectivity index (χ1) is 26.9. The molecule has 284 valence electrons. The van der Waals surface area contributed by atoms with E-state index in [9.17, 15) is 29.2 Å². The number of carbonyl (C=O) groups is 5. The van der Waals surface area contributed by atoms with Gasteiger partial charge in [0.2, 0.25) is 17.7 Å². The average molecular weight is 772 g/mol. The molecule has 0 aromatic heterocycles. The lowest BCUT2D eigenvalue weighted by Gasteiger charge is -2.33. The van der Waals surface area contributed by atoms with Crippen LogP contribution in [0.2, 0.25) is 5.02 Å². The second kappa shape index (κ2) is 14.6. The first-order valence-corrected chi connectivity index (χ1v) is 19.0. The number of imide groups is 2. The van der Waals surface area contributed by atoms with Crippen molar-refractivity contribution in [3.63, 3.8) is 0 Å². The average Bonchev–Trinajstić information content (AvgIpc) is 3.56. The van der Waals surface area contributed by atoms with Crippen molar-refractivity contribution in [2.45, 2.75) is 57.1 Å². The molecule has 13 heteroatoms. The number of nitrogens with zero attached hydrogens (tertiary/aromatic N) is 4. The second-order valence-corrected chi connectivity index (χ2v) is 15.3. The highest BCUT2D eigenvalue weighted by atomic mass is 35.5. The number of carbonyl (C=O) groups excluding carboxylic acids is 5. The Hall–Kier alpha value is -6.03. The molecule has 2 fully saturated rings. The van der Waals surface area contributed by atoms with Gasteiger partial charge in [-0.1, -0.05) is 29.8 Å². The minimum absolute atomic E-state index is 0.0543. The van der Waals surface area contributed by atoms with Crippen molar-refractivity contribution in [2.24, 2.45) is 0 Å². The van der Waals surface area contributed by atoms with Crippen LogP contribution in [0.25, 0.3) is 11.1 Å². The molecule has 1 N–H and O–H groups in total. The lowest BCUT2D eigenvalue weighted by molar-refractivity contribution is -0.136. The Balaban J connectivity index is 0.825. The topological polar surface area (TPSA) is 149 Å².